The van der Waals surface area contributed by atoms with Gasteiger partial charge in [-0.3, -0.25) is 4.79 Å². The second-order valence-corrected chi connectivity index (χ2v) is 9.92. The summed E-state index contributed by atoms with van der Waals surface area (Å²) in [5.74, 6) is 0. The highest BCUT2D eigenvalue weighted by atomic mass is 16.3. The van der Waals surface area contributed by atoms with Gasteiger partial charge in [-0.1, -0.05) is 161 Å². The molecule has 0 aromatic rings. The molecular formula is C29H57O2. The van der Waals surface area contributed by atoms with Gasteiger partial charge in [0.2, 0.25) is 6.29 Å². The van der Waals surface area contributed by atoms with Crippen LogP contribution in [-0.4, -0.2) is 17.5 Å². The summed E-state index contributed by atoms with van der Waals surface area (Å²) in [6.45, 7) is 2.29. The normalized spacial score (nSPS) is 12.3. The third-order valence-electron chi connectivity index (χ3n) is 6.71. The fourth-order valence-electron chi connectivity index (χ4n) is 4.54. The lowest BCUT2D eigenvalue weighted by Crippen LogP contribution is -2.06. The molecule has 1 N–H and O–H groups in total. The van der Waals surface area contributed by atoms with Crippen LogP contribution in [0.5, 0.6) is 0 Å². The lowest BCUT2D eigenvalue weighted by Gasteiger charge is -2.06. The van der Waals surface area contributed by atoms with Crippen molar-refractivity contribution >= 4 is 6.29 Å². The van der Waals surface area contributed by atoms with Gasteiger partial charge in [0, 0.05) is 6.42 Å². The molecule has 0 bridgehead atoms. The van der Waals surface area contributed by atoms with E-state index in [9.17, 15) is 9.90 Å². The van der Waals surface area contributed by atoms with Crippen molar-refractivity contribution in [1.29, 1.82) is 0 Å². The Bertz CT molecular complexity index is 329. The van der Waals surface area contributed by atoms with E-state index in [4.69, 9.17) is 0 Å². The zero-order valence-electron chi connectivity index (χ0n) is 21.3. The van der Waals surface area contributed by atoms with Gasteiger partial charge in [0.25, 0.3) is 0 Å². The van der Waals surface area contributed by atoms with E-state index in [0.29, 0.717) is 0 Å². The molecular weight excluding hydrogens is 380 g/mol. The first-order valence-corrected chi connectivity index (χ1v) is 14.3. The molecule has 2 nitrogen and oxygen atoms in total. The molecule has 1 atom stereocenters. The number of hydrogen-bond donors (Lipinski definition) is 1. The number of carbonyl (C=O) groups excluding carboxylic acids is 1. The molecule has 0 saturated heterocycles. The van der Waals surface area contributed by atoms with Crippen LogP contribution in [0.15, 0.2) is 0 Å². The van der Waals surface area contributed by atoms with E-state index in [0.717, 1.165) is 12.8 Å². The van der Waals surface area contributed by atoms with Gasteiger partial charge in [0.05, 0.1) is 6.10 Å². The molecule has 0 saturated carbocycles. The van der Waals surface area contributed by atoms with E-state index >= 15 is 0 Å². The van der Waals surface area contributed by atoms with Gasteiger partial charge in [0.15, 0.2) is 0 Å². The number of unbranched alkanes of at least 4 members (excludes halogenated alkanes) is 23. The van der Waals surface area contributed by atoms with Crippen LogP contribution >= 0.6 is 0 Å². The number of hydrogen-bond acceptors (Lipinski definition) is 2. The van der Waals surface area contributed by atoms with Gasteiger partial charge in [-0.15, -0.1) is 0 Å². The minimum Gasteiger partial charge on any atom is -0.393 e. The summed E-state index contributed by atoms with van der Waals surface area (Å²) in [5, 5.41) is 9.46. The zero-order chi connectivity index (χ0) is 22.7. The maximum absolute atomic E-state index is 10.2. The molecule has 0 aliphatic rings. The Morgan fingerprint density at radius 2 is 0.742 bits per heavy atom. The summed E-state index contributed by atoms with van der Waals surface area (Å²) in [6.07, 6.45) is 35.9. The van der Waals surface area contributed by atoms with Gasteiger partial charge in [-0.2, -0.15) is 0 Å². The van der Waals surface area contributed by atoms with E-state index in [1.54, 1.807) is 6.29 Å². The van der Waals surface area contributed by atoms with Crippen LogP contribution in [0.4, 0.5) is 0 Å². The minimum absolute atomic E-state index is 0.180. The summed E-state index contributed by atoms with van der Waals surface area (Å²) >= 11 is 0. The van der Waals surface area contributed by atoms with Crippen LogP contribution in [0.2, 0.25) is 0 Å². The van der Waals surface area contributed by atoms with Crippen molar-refractivity contribution in [2.24, 2.45) is 0 Å². The number of aliphatic hydroxyl groups excluding tert-OH is 1. The smallest absolute Gasteiger partial charge is 0.201 e. The Morgan fingerprint density at radius 1 is 0.484 bits per heavy atom. The fourth-order valence-corrected chi connectivity index (χ4v) is 4.54. The Balaban J connectivity index is 3.03. The molecule has 0 heterocycles. The van der Waals surface area contributed by atoms with Crippen LogP contribution in [-0.2, 0) is 4.79 Å². The SMILES string of the molecule is CCCCCCCCCCCCCCCCCCCCCCCCCCC(O)C[C]=O. The Labute approximate surface area is 196 Å². The van der Waals surface area contributed by atoms with Crippen LogP contribution in [0.3, 0.4) is 0 Å². The predicted octanol–water partition coefficient (Wildman–Crippen LogP) is 9.62. The van der Waals surface area contributed by atoms with Crippen molar-refractivity contribution in [3.63, 3.8) is 0 Å². The molecule has 0 aromatic heterocycles. The van der Waals surface area contributed by atoms with Crippen LogP contribution in [0.25, 0.3) is 0 Å². The molecule has 2 heteroatoms. The topological polar surface area (TPSA) is 37.3 Å². The first-order valence-electron chi connectivity index (χ1n) is 14.3. The summed E-state index contributed by atoms with van der Waals surface area (Å²) in [5.41, 5.74) is 0. The van der Waals surface area contributed by atoms with Crippen LogP contribution < -0.4 is 0 Å². The second-order valence-electron chi connectivity index (χ2n) is 9.92. The van der Waals surface area contributed by atoms with Crippen LogP contribution in [0, 0.1) is 0 Å². The molecule has 0 rings (SSSR count). The van der Waals surface area contributed by atoms with Crippen molar-refractivity contribution in [3.05, 3.63) is 0 Å². The summed E-state index contributed by atoms with van der Waals surface area (Å²) in [4.78, 5) is 10.2. The van der Waals surface area contributed by atoms with Gasteiger partial charge in [-0.25, -0.2) is 0 Å². The first kappa shape index (κ1) is 30.6. The average Bonchev–Trinajstić information content (AvgIpc) is 2.77. The van der Waals surface area contributed by atoms with Gasteiger partial charge in [-0.05, 0) is 6.42 Å². The van der Waals surface area contributed by atoms with E-state index in [2.05, 4.69) is 6.92 Å². The van der Waals surface area contributed by atoms with Crippen molar-refractivity contribution in [1.82, 2.24) is 0 Å². The molecule has 0 aliphatic heterocycles. The van der Waals surface area contributed by atoms with Crippen molar-refractivity contribution in [2.45, 2.75) is 180 Å². The van der Waals surface area contributed by atoms with Crippen molar-refractivity contribution < 1.29 is 9.90 Å². The third-order valence-corrected chi connectivity index (χ3v) is 6.71. The highest BCUT2D eigenvalue weighted by Crippen LogP contribution is 2.16. The fraction of sp³-hybridized carbons (Fsp3) is 0.966. The maximum Gasteiger partial charge on any atom is 0.201 e. The zero-order valence-corrected chi connectivity index (χ0v) is 21.3. The summed E-state index contributed by atoms with van der Waals surface area (Å²) < 4.78 is 0. The molecule has 0 aliphatic carbocycles. The third kappa shape index (κ3) is 27.6. The molecule has 185 valence electrons. The first-order chi connectivity index (χ1) is 15.3. The highest BCUT2D eigenvalue weighted by Gasteiger charge is 2.02. The molecule has 31 heavy (non-hydrogen) atoms. The van der Waals surface area contributed by atoms with E-state index in [1.807, 2.05) is 0 Å². The maximum atomic E-state index is 10.2. The lowest BCUT2D eigenvalue weighted by atomic mass is 10.0. The quantitative estimate of drug-likeness (QED) is 0.130. The largest absolute Gasteiger partial charge is 0.393 e. The molecule has 0 amide bonds. The minimum atomic E-state index is -0.461. The van der Waals surface area contributed by atoms with Gasteiger partial charge >= 0.3 is 0 Å². The van der Waals surface area contributed by atoms with Gasteiger partial charge < -0.3 is 5.11 Å². The predicted molar refractivity (Wildman–Crippen MR) is 137 cm³/mol. The monoisotopic (exact) mass is 437 g/mol. The lowest BCUT2D eigenvalue weighted by molar-refractivity contribution is 0.167. The Hall–Kier alpha value is -0.370. The van der Waals surface area contributed by atoms with E-state index < -0.39 is 6.10 Å². The molecule has 0 spiro atoms. The van der Waals surface area contributed by atoms with Crippen molar-refractivity contribution in [2.75, 3.05) is 0 Å². The number of rotatable bonds is 27. The molecule has 0 fully saturated rings. The molecule has 1 unspecified atom stereocenters. The van der Waals surface area contributed by atoms with Crippen molar-refractivity contribution in [3.8, 4) is 0 Å². The summed E-state index contributed by atoms with van der Waals surface area (Å²) in [6, 6.07) is 0. The van der Waals surface area contributed by atoms with Gasteiger partial charge in [0.1, 0.15) is 0 Å². The Kier molecular flexibility index (Phi) is 27.3. The highest BCUT2D eigenvalue weighted by molar-refractivity contribution is 5.51. The molecule has 0 aromatic carbocycles. The van der Waals surface area contributed by atoms with Crippen LogP contribution in [0.1, 0.15) is 174 Å². The average molecular weight is 438 g/mol. The Morgan fingerprint density at radius 3 is 1.00 bits per heavy atom. The summed E-state index contributed by atoms with van der Waals surface area (Å²) in [7, 11) is 0. The van der Waals surface area contributed by atoms with E-state index in [-0.39, 0.29) is 6.42 Å². The molecule has 1 radical (unpaired) electrons. The second kappa shape index (κ2) is 27.7. The standard InChI is InChI=1S/C29H57O2/c1-2-3-4-5-6-7-8-9-10-11-12-13-14-15-16-17-18-19-20-21-22-23-24-25-26-29(31)27-28-30/h29,31H,2-27H2,1H3. The number of aliphatic hydroxyl groups is 1. The van der Waals surface area contributed by atoms with E-state index in [1.165, 1.54) is 148 Å².